The van der Waals surface area contributed by atoms with E-state index in [0.29, 0.717) is 31.5 Å². The van der Waals surface area contributed by atoms with E-state index in [4.69, 9.17) is 0 Å². The molecule has 0 saturated heterocycles. The summed E-state index contributed by atoms with van der Waals surface area (Å²) < 4.78 is 13.1. The van der Waals surface area contributed by atoms with Crippen molar-refractivity contribution in [2.75, 3.05) is 13.6 Å². The summed E-state index contributed by atoms with van der Waals surface area (Å²) >= 11 is 0. The average Bonchev–Trinajstić information content (AvgIpc) is 3.03. The lowest BCUT2D eigenvalue weighted by Gasteiger charge is -2.14. The van der Waals surface area contributed by atoms with Crippen LogP contribution in [0.25, 0.3) is 0 Å². The second-order valence-electron chi connectivity index (χ2n) is 5.78. The second kappa shape index (κ2) is 9.12. The zero-order valence-corrected chi connectivity index (χ0v) is 13.6. The molecule has 0 aliphatic heterocycles. The van der Waals surface area contributed by atoms with Crippen LogP contribution in [-0.2, 0) is 11.3 Å². The summed E-state index contributed by atoms with van der Waals surface area (Å²) in [6.45, 7) is 0.993. The van der Waals surface area contributed by atoms with Crippen molar-refractivity contribution in [2.24, 2.45) is 4.99 Å². The quantitative estimate of drug-likeness (QED) is 0.554. The van der Waals surface area contributed by atoms with Gasteiger partial charge in [0.05, 0.1) is 0 Å². The maximum absolute atomic E-state index is 13.1. The molecule has 1 aliphatic rings. The molecule has 5 nitrogen and oxygen atoms in total. The number of halogens is 1. The summed E-state index contributed by atoms with van der Waals surface area (Å²) in [4.78, 5) is 15.9. The number of carbonyl (C=O) groups is 1. The molecule has 126 valence electrons. The third-order valence-corrected chi connectivity index (χ3v) is 3.94. The summed E-state index contributed by atoms with van der Waals surface area (Å²) in [6.07, 6.45) is 5.02. The number of nitrogens with one attached hydrogen (secondary N) is 3. The monoisotopic (exact) mass is 320 g/mol. The Hall–Kier alpha value is -2.11. The fourth-order valence-electron chi connectivity index (χ4n) is 2.72. The number of amides is 1. The molecule has 1 saturated carbocycles. The summed E-state index contributed by atoms with van der Waals surface area (Å²) in [6, 6.07) is 6.77. The van der Waals surface area contributed by atoms with Crippen LogP contribution in [0.2, 0.25) is 0 Å². The van der Waals surface area contributed by atoms with Gasteiger partial charge in [0, 0.05) is 32.6 Å². The van der Waals surface area contributed by atoms with E-state index >= 15 is 0 Å². The van der Waals surface area contributed by atoms with Gasteiger partial charge in [-0.05, 0) is 30.5 Å². The molecule has 6 heteroatoms. The molecule has 0 bridgehead atoms. The lowest BCUT2D eigenvalue weighted by molar-refractivity contribution is -0.121. The van der Waals surface area contributed by atoms with Gasteiger partial charge in [-0.25, -0.2) is 4.39 Å². The zero-order valence-electron chi connectivity index (χ0n) is 13.6. The number of guanidine groups is 1. The third kappa shape index (κ3) is 6.26. The first-order valence-electron chi connectivity index (χ1n) is 8.15. The SMILES string of the molecule is CN=C(NCCC(=O)NC1CCCC1)NCc1cccc(F)c1. The van der Waals surface area contributed by atoms with Crippen LogP contribution in [0.1, 0.15) is 37.7 Å². The van der Waals surface area contributed by atoms with Gasteiger partial charge in [0.1, 0.15) is 5.82 Å². The van der Waals surface area contributed by atoms with Crippen molar-refractivity contribution in [3.63, 3.8) is 0 Å². The predicted molar refractivity (Wildman–Crippen MR) is 89.6 cm³/mol. The average molecular weight is 320 g/mol. The van der Waals surface area contributed by atoms with Gasteiger partial charge in [0.15, 0.2) is 5.96 Å². The van der Waals surface area contributed by atoms with Gasteiger partial charge in [0.2, 0.25) is 5.91 Å². The Morgan fingerprint density at radius 3 is 2.78 bits per heavy atom. The van der Waals surface area contributed by atoms with Gasteiger partial charge in [-0.2, -0.15) is 0 Å². The maximum atomic E-state index is 13.1. The Morgan fingerprint density at radius 1 is 1.30 bits per heavy atom. The smallest absolute Gasteiger partial charge is 0.221 e. The van der Waals surface area contributed by atoms with E-state index in [1.165, 1.54) is 25.0 Å². The Morgan fingerprint density at radius 2 is 2.09 bits per heavy atom. The van der Waals surface area contributed by atoms with Crippen LogP contribution in [0, 0.1) is 5.82 Å². The fourth-order valence-corrected chi connectivity index (χ4v) is 2.72. The predicted octanol–water partition coefficient (Wildman–Crippen LogP) is 1.94. The number of rotatable bonds is 6. The van der Waals surface area contributed by atoms with E-state index < -0.39 is 0 Å². The van der Waals surface area contributed by atoms with Crippen LogP contribution < -0.4 is 16.0 Å². The molecule has 0 atom stereocenters. The number of hydrogen-bond donors (Lipinski definition) is 3. The zero-order chi connectivity index (χ0) is 16.5. The summed E-state index contributed by atoms with van der Waals surface area (Å²) in [5.74, 6) is 0.420. The second-order valence-corrected chi connectivity index (χ2v) is 5.78. The number of nitrogens with zero attached hydrogens (tertiary/aromatic N) is 1. The van der Waals surface area contributed by atoms with Crippen molar-refractivity contribution in [3.05, 3.63) is 35.6 Å². The van der Waals surface area contributed by atoms with Crippen molar-refractivity contribution in [3.8, 4) is 0 Å². The lowest BCUT2D eigenvalue weighted by Crippen LogP contribution is -2.40. The van der Waals surface area contributed by atoms with Gasteiger partial charge < -0.3 is 16.0 Å². The molecule has 1 amide bonds. The largest absolute Gasteiger partial charge is 0.356 e. The number of aliphatic imine (C=N–C) groups is 1. The molecular weight excluding hydrogens is 295 g/mol. The molecule has 2 rings (SSSR count). The number of carbonyl (C=O) groups excluding carboxylic acids is 1. The summed E-state index contributed by atoms with van der Waals surface area (Å²) in [7, 11) is 1.67. The molecule has 1 aromatic rings. The van der Waals surface area contributed by atoms with Crippen LogP contribution in [0.15, 0.2) is 29.3 Å². The van der Waals surface area contributed by atoms with Crippen LogP contribution >= 0.6 is 0 Å². The van der Waals surface area contributed by atoms with Gasteiger partial charge in [-0.1, -0.05) is 25.0 Å². The van der Waals surface area contributed by atoms with Crippen LogP contribution in [0.3, 0.4) is 0 Å². The van der Waals surface area contributed by atoms with Crippen molar-refractivity contribution in [2.45, 2.75) is 44.7 Å². The minimum absolute atomic E-state index is 0.0741. The minimum Gasteiger partial charge on any atom is -0.356 e. The topological polar surface area (TPSA) is 65.5 Å². The first-order valence-corrected chi connectivity index (χ1v) is 8.15. The molecular formula is C17H25FN4O. The normalized spacial score (nSPS) is 15.5. The molecule has 0 aromatic heterocycles. The summed E-state index contributed by atoms with van der Waals surface area (Å²) in [5.41, 5.74) is 0.840. The number of benzene rings is 1. The van der Waals surface area contributed by atoms with E-state index in [0.717, 1.165) is 18.4 Å². The molecule has 0 heterocycles. The molecule has 1 aliphatic carbocycles. The van der Waals surface area contributed by atoms with Gasteiger partial charge in [-0.15, -0.1) is 0 Å². The maximum Gasteiger partial charge on any atom is 0.221 e. The highest BCUT2D eigenvalue weighted by Crippen LogP contribution is 2.17. The first kappa shape index (κ1) is 17.2. The van der Waals surface area contributed by atoms with Crippen LogP contribution in [0.4, 0.5) is 4.39 Å². The fraction of sp³-hybridized carbons (Fsp3) is 0.529. The molecule has 3 N–H and O–H groups in total. The molecule has 0 unspecified atom stereocenters. The highest BCUT2D eigenvalue weighted by molar-refractivity contribution is 5.81. The van der Waals surface area contributed by atoms with E-state index in [1.807, 2.05) is 6.07 Å². The highest BCUT2D eigenvalue weighted by Gasteiger charge is 2.16. The standard InChI is InChI=1S/C17H25FN4O/c1-19-17(21-12-13-5-4-6-14(18)11-13)20-10-9-16(23)22-15-7-2-3-8-15/h4-6,11,15H,2-3,7-10,12H2,1H3,(H,22,23)(H2,19,20,21). The van der Waals surface area contributed by atoms with E-state index in [2.05, 4.69) is 20.9 Å². The lowest BCUT2D eigenvalue weighted by atomic mass is 10.2. The highest BCUT2D eigenvalue weighted by atomic mass is 19.1. The Balaban J connectivity index is 1.65. The molecule has 23 heavy (non-hydrogen) atoms. The van der Waals surface area contributed by atoms with E-state index in [1.54, 1.807) is 13.1 Å². The minimum atomic E-state index is -0.254. The van der Waals surface area contributed by atoms with E-state index in [9.17, 15) is 9.18 Å². The van der Waals surface area contributed by atoms with E-state index in [-0.39, 0.29) is 11.7 Å². The summed E-state index contributed by atoms with van der Waals surface area (Å²) in [5, 5.41) is 9.25. The molecule has 0 spiro atoms. The van der Waals surface area contributed by atoms with Crippen molar-refractivity contribution < 1.29 is 9.18 Å². The van der Waals surface area contributed by atoms with Gasteiger partial charge in [0.25, 0.3) is 0 Å². The van der Waals surface area contributed by atoms with Gasteiger partial charge >= 0.3 is 0 Å². The molecule has 0 radical (unpaired) electrons. The first-order chi connectivity index (χ1) is 11.2. The van der Waals surface area contributed by atoms with Crippen LogP contribution in [-0.4, -0.2) is 31.5 Å². The molecule has 1 fully saturated rings. The van der Waals surface area contributed by atoms with Crippen molar-refractivity contribution >= 4 is 11.9 Å². The third-order valence-electron chi connectivity index (χ3n) is 3.94. The molecule has 1 aromatic carbocycles. The Labute approximate surface area is 136 Å². The van der Waals surface area contributed by atoms with Gasteiger partial charge in [-0.3, -0.25) is 9.79 Å². The van der Waals surface area contributed by atoms with Crippen molar-refractivity contribution in [1.82, 2.24) is 16.0 Å². The van der Waals surface area contributed by atoms with Crippen LogP contribution in [0.5, 0.6) is 0 Å². The Kier molecular flexibility index (Phi) is 6.84. The van der Waals surface area contributed by atoms with Crippen molar-refractivity contribution in [1.29, 1.82) is 0 Å². The number of hydrogen-bond acceptors (Lipinski definition) is 2. The Bertz CT molecular complexity index is 541.